The number of carbonyl (C=O) groups is 2. The number of anilines is 1. The second kappa shape index (κ2) is 12.0. The highest BCUT2D eigenvalue weighted by atomic mass is 35.5. The molecular formula is C28H27Cl2N3O6. The molecular weight excluding hydrogens is 545 g/mol. The summed E-state index contributed by atoms with van der Waals surface area (Å²) in [5.41, 5.74) is 1.95. The van der Waals surface area contributed by atoms with Gasteiger partial charge in [0.1, 0.15) is 5.75 Å². The van der Waals surface area contributed by atoms with Gasteiger partial charge < -0.3 is 19.3 Å². The van der Waals surface area contributed by atoms with E-state index in [-0.39, 0.29) is 16.3 Å². The number of nitro groups is 1. The number of hydrogen-bond donors (Lipinski definition) is 0. The summed E-state index contributed by atoms with van der Waals surface area (Å²) in [7, 11) is 5.36. The van der Waals surface area contributed by atoms with Gasteiger partial charge in [0.2, 0.25) is 0 Å². The topological polar surface area (TPSA) is 102 Å². The highest BCUT2D eigenvalue weighted by molar-refractivity contribution is 6.33. The Balaban J connectivity index is 1.79. The number of amides is 1. The average molecular weight is 572 g/mol. The van der Waals surface area contributed by atoms with Gasteiger partial charge in [0.25, 0.3) is 11.6 Å². The van der Waals surface area contributed by atoms with Crippen molar-refractivity contribution >= 4 is 46.5 Å². The van der Waals surface area contributed by atoms with Crippen molar-refractivity contribution in [2.24, 2.45) is 0 Å². The predicted molar refractivity (Wildman–Crippen MR) is 149 cm³/mol. The number of hydrogen-bond acceptors (Lipinski definition) is 7. The summed E-state index contributed by atoms with van der Waals surface area (Å²) in [5, 5.41) is 11.5. The molecule has 1 heterocycles. The van der Waals surface area contributed by atoms with Crippen LogP contribution in [-0.2, 0) is 16.0 Å². The molecule has 0 bridgehead atoms. The fraction of sp³-hybridized carbons (Fsp3) is 0.286. The first-order chi connectivity index (χ1) is 18.6. The molecule has 1 aliphatic rings. The summed E-state index contributed by atoms with van der Waals surface area (Å²) in [5.74, 6) is -1.18. The van der Waals surface area contributed by atoms with E-state index in [0.29, 0.717) is 36.0 Å². The molecule has 204 valence electrons. The predicted octanol–water partition coefficient (Wildman–Crippen LogP) is 5.37. The van der Waals surface area contributed by atoms with Crippen molar-refractivity contribution < 1.29 is 24.0 Å². The molecule has 2 atom stereocenters. The Morgan fingerprint density at radius 1 is 1.10 bits per heavy atom. The number of non-ortho nitro benzene ring substituents is 1. The number of likely N-dealkylation sites (N-methyl/N-ethyl adjacent to an activating group) is 1. The number of halogens is 2. The summed E-state index contributed by atoms with van der Waals surface area (Å²) < 4.78 is 11.2. The largest absolute Gasteiger partial charge is 0.497 e. The van der Waals surface area contributed by atoms with E-state index in [4.69, 9.17) is 32.7 Å². The zero-order valence-corrected chi connectivity index (χ0v) is 23.1. The molecule has 9 nitrogen and oxygen atoms in total. The zero-order chi connectivity index (χ0) is 28.3. The van der Waals surface area contributed by atoms with Crippen LogP contribution in [0.2, 0.25) is 10.0 Å². The van der Waals surface area contributed by atoms with E-state index in [1.54, 1.807) is 36.3 Å². The number of rotatable bonds is 8. The number of benzene rings is 3. The molecule has 4 rings (SSSR count). The van der Waals surface area contributed by atoms with E-state index in [1.807, 2.05) is 37.2 Å². The third-order valence-electron chi connectivity index (χ3n) is 6.58. The van der Waals surface area contributed by atoms with Crippen LogP contribution in [0.25, 0.3) is 0 Å². The van der Waals surface area contributed by atoms with Gasteiger partial charge in [-0.05, 0) is 68.0 Å². The zero-order valence-electron chi connectivity index (χ0n) is 21.6. The summed E-state index contributed by atoms with van der Waals surface area (Å²) in [6, 6.07) is 16.0. The number of nitrogens with zero attached hydrogens (tertiary/aromatic N) is 3. The summed E-state index contributed by atoms with van der Waals surface area (Å²) in [6.07, 6.45) is -0.858. The highest BCUT2D eigenvalue weighted by Crippen LogP contribution is 2.38. The molecule has 1 amide bonds. The first-order valence-electron chi connectivity index (χ1n) is 12.1. The fourth-order valence-corrected chi connectivity index (χ4v) is 4.98. The van der Waals surface area contributed by atoms with Crippen LogP contribution in [0.1, 0.15) is 27.4 Å². The van der Waals surface area contributed by atoms with Gasteiger partial charge in [0, 0.05) is 41.9 Å². The molecule has 0 N–H and O–H groups in total. The first kappa shape index (κ1) is 28.4. The maximum atomic E-state index is 14.2. The van der Waals surface area contributed by atoms with Crippen LogP contribution in [0, 0.1) is 10.1 Å². The minimum Gasteiger partial charge on any atom is -0.497 e. The molecule has 39 heavy (non-hydrogen) atoms. The van der Waals surface area contributed by atoms with Crippen LogP contribution in [-0.4, -0.2) is 62.1 Å². The van der Waals surface area contributed by atoms with E-state index in [2.05, 4.69) is 0 Å². The van der Waals surface area contributed by atoms with E-state index >= 15 is 0 Å². The maximum absolute atomic E-state index is 14.2. The lowest BCUT2D eigenvalue weighted by Gasteiger charge is -2.29. The second-order valence-electron chi connectivity index (χ2n) is 9.40. The number of ether oxygens (including phenoxy) is 2. The van der Waals surface area contributed by atoms with E-state index in [9.17, 15) is 19.7 Å². The molecule has 0 saturated heterocycles. The summed E-state index contributed by atoms with van der Waals surface area (Å²) in [4.78, 5) is 41.6. The van der Waals surface area contributed by atoms with E-state index < -0.39 is 28.8 Å². The quantitative estimate of drug-likeness (QED) is 0.203. The number of methoxy groups -OCH3 is 1. The Morgan fingerprint density at radius 3 is 2.44 bits per heavy atom. The van der Waals surface area contributed by atoms with Gasteiger partial charge in [0.15, 0.2) is 6.10 Å². The standard InChI is InChI=1S/C28H27Cl2N3O6/c1-31(2)12-13-32-25-11-6-19(29)14-18(25)15-23(17-4-8-21(38-3)9-5-17)26(27(32)34)39-28(35)22-10-7-20(33(36)37)16-24(22)30/h4-11,14,16,23,26H,12-13,15H2,1-3H3. The molecule has 2 unspecified atom stereocenters. The van der Waals surface area contributed by atoms with E-state index in [0.717, 1.165) is 17.2 Å². The molecule has 0 aromatic heterocycles. The highest BCUT2D eigenvalue weighted by Gasteiger charge is 2.41. The van der Waals surface area contributed by atoms with Crippen LogP contribution in [0.15, 0.2) is 60.7 Å². The summed E-state index contributed by atoms with van der Waals surface area (Å²) >= 11 is 12.6. The lowest BCUT2D eigenvalue weighted by molar-refractivity contribution is -0.384. The maximum Gasteiger partial charge on any atom is 0.340 e. The molecule has 0 spiro atoms. The SMILES string of the molecule is COc1ccc(C2Cc3cc(Cl)ccc3N(CCN(C)C)C(=O)C2OC(=O)c2ccc([N+](=O)[O-])cc2Cl)cc1. The number of nitro benzene ring substituents is 1. The van der Waals surface area contributed by atoms with E-state index in [1.165, 1.54) is 12.1 Å². The van der Waals surface area contributed by atoms with Crippen molar-refractivity contribution in [2.45, 2.75) is 18.4 Å². The normalized spacial score (nSPS) is 17.0. The van der Waals surface area contributed by atoms with Gasteiger partial charge in [-0.2, -0.15) is 0 Å². The number of esters is 1. The minimum atomic E-state index is -1.22. The van der Waals surface area contributed by atoms with Crippen LogP contribution < -0.4 is 9.64 Å². The Labute approximate surface area is 236 Å². The second-order valence-corrected chi connectivity index (χ2v) is 10.2. The van der Waals surface area contributed by atoms with Gasteiger partial charge in [-0.15, -0.1) is 0 Å². The third-order valence-corrected chi connectivity index (χ3v) is 7.13. The fourth-order valence-electron chi connectivity index (χ4n) is 4.54. The van der Waals surface area contributed by atoms with Crippen molar-refractivity contribution in [2.75, 3.05) is 39.2 Å². The van der Waals surface area contributed by atoms with Crippen molar-refractivity contribution in [1.29, 1.82) is 0 Å². The van der Waals surface area contributed by atoms with Crippen LogP contribution in [0.4, 0.5) is 11.4 Å². The Kier molecular flexibility index (Phi) is 8.74. The lowest BCUT2D eigenvalue weighted by Crippen LogP contribution is -2.45. The molecule has 0 radical (unpaired) electrons. The van der Waals surface area contributed by atoms with Gasteiger partial charge in [0.05, 0.1) is 22.6 Å². The van der Waals surface area contributed by atoms with Crippen molar-refractivity contribution in [3.63, 3.8) is 0 Å². The van der Waals surface area contributed by atoms with Gasteiger partial charge in [-0.1, -0.05) is 35.3 Å². The van der Waals surface area contributed by atoms with Gasteiger partial charge in [-0.25, -0.2) is 4.79 Å². The Morgan fingerprint density at radius 2 is 1.82 bits per heavy atom. The van der Waals surface area contributed by atoms with Crippen molar-refractivity contribution in [1.82, 2.24) is 4.90 Å². The van der Waals surface area contributed by atoms with Crippen molar-refractivity contribution in [3.8, 4) is 5.75 Å². The van der Waals surface area contributed by atoms with Crippen LogP contribution in [0.3, 0.4) is 0 Å². The first-order valence-corrected chi connectivity index (χ1v) is 12.9. The van der Waals surface area contributed by atoms with Crippen LogP contribution >= 0.6 is 23.2 Å². The lowest BCUT2D eigenvalue weighted by atomic mass is 9.87. The average Bonchev–Trinajstić information content (AvgIpc) is 3.01. The van der Waals surface area contributed by atoms with Gasteiger partial charge >= 0.3 is 5.97 Å². The monoisotopic (exact) mass is 571 g/mol. The summed E-state index contributed by atoms with van der Waals surface area (Å²) in [6.45, 7) is 0.915. The Bertz CT molecular complexity index is 1400. The molecule has 1 aliphatic heterocycles. The number of fused-ring (bicyclic) bond motifs is 1. The number of carbonyl (C=O) groups excluding carboxylic acids is 2. The van der Waals surface area contributed by atoms with Crippen molar-refractivity contribution in [3.05, 3.63) is 97.5 Å². The molecule has 0 fully saturated rings. The molecule has 3 aromatic carbocycles. The molecule has 3 aromatic rings. The molecule has 0 saturated carbocycles. The molecule has 0 aliphatic carbocycles. The van der Waals surface area contributed by atoms with Crippen LogP contribution in [0.5, 0.6) is 5.75 Å². The molecule has 11 heteroatoms. The Hall–Kier alpha value is -3.66. The minimum absolute atomic E-state index is 0.0757. The third kappa shape index (κ3) is 6.33. The smallest absolute Gasteiger partial charge is 0.340 e. The van der Waals surface area contributed by atoms with Gasteiger partial charge in [-0.3, -0.25) is 14.9 Å².